The van der Waals surface area contributed by atoms with Crippen LogP contribution in [0, 0.1) is 58.2 Å². The third-order valence-corrected chi connectivity index (χ3v) is 5.26. The molecule has 0 radical (unpaired) electrons. The molecule has 210 valence electrons. The van der Waals surface area contributed by atoms with E-state index in [4.69, 9.17) is 15.3 Å². The van der Waals surface area contributed by atoms with Crippen molar-refractivity contribution in [3.63, 3.8) is 0 Å². The summed E-state index contributed by atoms with van der Waals surface area (Å²) in [7, 11) is 0. The molecular formula is C22H4F10O8. The Balaban J connectivity index is 2.62. The smallest absolute Gasteiger partial charge is 0.339 e. The molecule has 3 aromatic carbocycles. The lowest BCUT2D eigenvalue weighted by Gasteiger charge is -2.18. The van der Waals surface area contributed by atoms with E-state index in [2.05, 4.69) is 0 Å². The van der Waals surface area contributed by atoms with Crippen molar-refractivity contribution in [2.75, 3.05) is 0 Å². The molecule has 0 unspecified atom stereocenters. The summed E-state index contributed by atoms with van der Waals surface area (Å²) in [5.74, 6) is -39.9. The van der Waals surface area contributed by atoms with E-state index < -0.39 is 127 Å². The van der Waals surface area contributed by atoms with Gasteiger partial charge in [-0.3, -0.25) is 0 Å². The van der Waals surface area contributed by atoms with Gasteiger partial charge in [-0.15, -0.1) is 0 Å². The third kappa shape index (κ3) is 4.03. The van der Waals surface area contributed by atoms with Gasteiger partial charge in [-0.25, -0.2) is 63.1 Å². The summed E-state index contributed by atoms with van der Waals surface area (Å²) in [6.45, 7) is 0. The summed E-state index contributed by atoms with van der Waals surface area (Å²) in [5.41, 5.74) is -19.2. The van der Waals surface area contributed by atoms with E-state index in [0.29, 0.717) is 0 Å². The highest BCUT2D eigenvalue weighted by molar-refractivity contribution is 6.07. The van der Waals surface area contributed by atoms with Crippen molar-refractivity contribution in [2.45, 2.75) is 0 Å². The average molecular weight is 586 g/mol. The minimum Gasteiger partial charge on any atom is -0.478 e. The second-order valence-corrected chi connectivity index (χ2v) is 7.36. The lowest BCUT2D eigenvalue weighted by molar-refractivity contribution is 0.0641. The van der Waals surface area contributed by atoms with Crippen molar-refractivity contribution in [1.82, 2.24) is 0 Å². The van der Waals surface area contributed by atoms with E-state index >= 15 is 17.6 Å². The van der Waals surface area contributed by atoms with Gasteiger partial charge in [0.15, 0.2) is 52.4 Å². The van der Waals surface area contributed by atoms with Gasteiger partial charge in [-0.2, -0.15) is 0 Å². The Morgan fingerprint density at radius 3 is 0.900 bits per heavy atom. The van der Waals surface area contributed by atoms with Crippen LogP contribution in [-0.2, 0) is 0 Å². The third-order valence-electron chi connectivity index (χ3n) is 5.26. The number of aromatic carboxylic acids is 4. The van der Waals surface area contributed by atoms with E-state index in [1.165, 1.54) is 0 Å². The zero-order valence-electron chi connectivity index (χ0n) is 18.2. The van der Waals surface area contributed by atoms with Gasteiger partial charge in [-0.05, 0) is 0 Å². The van der Waals surface area contributed by atoms with Crippen LogP contribution in [-0.4, -0.2) is 44.3 Å². The van der Waals surface area contributed by atoms with Crippen LogP contribution in [0.1, 0.15) is 41.4 Å². The van der Waals surface area contributed by atoms with Crippen LogP contribution in [0.5, 0.6) is 0 Å². The molecule has 0 atom stereocenters. The van der Waals surface area contributed by atoms with Gasteiger partial charge in [-0.1, -0.05) is 0 Å². The summed E-state index contributed by atoms with van der Waals surface area (Å²) in [4.78, 5) is 45.2. The fourth-order valence-electron chi connectivity index (χ4n) is 3.66. The van der Waals surface area contributed by atoms with E-state index in [0.717, 1.165) is 0 Å². The molecule has 0 spiro atoms. The molecule has 0 amide bonds. The van der Waals surface area contributed by atoms with Crippen molar-refractivity contribution >= 4 is 23.9 Å². The average Bonchev–Trinajstić information content (AvgIpc) is 2.85. The first-order chi connectivity index (χ1) is 18.4. The topological polar surface area (TPSA) is 149 Å². The van der Waals surface area contributed by atoms with Crippen LogP contribution >= 0.6 is 0 Å². The molecule has 0 saturated heterocycles. The molecule has 0 aromatic heterocycles. The normalized spacial score (nSPS) is 11.1. The number of rotatable bonds is 6. The summed E-state index contributed by atoms with van der Waals surface area (Å²) >= 11 is 0. The van der Waals surface area contributed by atoms with Crippen molar-refractivity contribution < 1.29 is 83.5 Å². The zero-order chi connectivity index (χ0) is 30.7. The van der Waals surface area contributed by atoms with E-state index in [9.17, 15) is 50.6 Å². The molecule has 18 heteroatoms. The number of carbonyl (C=O) groups is 4. The van der Waals surface area contributed by atoms with E-state index in [-0.39, 0.29) is 0 Å². The summed E-state index contributed by atoms with van der Waals surface area (Å²) in [5, 5.41) is 36.1. The Labute approximate surface area is 210 Å². The van der Waals surface area contributed by atoms with E-state index in [1.54, 1.807) is 0 Å². The number of hydrogen-bond acceptors (Lipinski definition) is 4. The fraction of sp³-hybridized carbons (Fsp3) is 0. The standard InChI is InChI=1S/C22H4F10O8/c23-9-4(13(27)16(30)8(22(39)40)7(9)21(37)38)5-14(28)11(25)3(12(26)15(5)29)1-2(19(33)34)6(20(35)36)17(31)18(32)10(1)24/h(H,33,34)(H,35,36)(H,37,38)(H,39,40). The van der Waals surface area contributed by atoms with Gasteiger partial charge in [0.1, 0.15) is 22.5 Å². The Kier molecular flexibility index (Phi) is 7.25. The first-order valence-corrected chi connectivity index (χ1v) is 9.60. The molecule has 0 heterocycles. The zero-order valence-corrected chi connectivity index (χ0v) is 18.2. The lowest BCUT2D eigenvalue weighted by Crippen LogP contribution is -2.19. The van der Waals surface area contributed by atoms with Gasteiger partial charge in [0.2, 0.25) is 0 Å². The maximum Gasteiger partial charge on any atom is 0.339 e. The minimum atomic E-state index is -3.05. The molecule has 0 aliphatic carbocycles. The number of halogens is 10. The molecule has 0 fully saturated rings. The van der Waals surface area contributed by atoms with E-state index in [1.807, 2.05) is 0 Å². The molecule has 40 heavy (non-hydrogen) atoms. The molecule has 4 N–H and O–H groups in total. The first kappa shape index (κ1) is 29.4. The fourth-order valence-corrected chi connectivity index (χ4v) is 3.66. The Bertz CT molecular complexity index is 1690. The highest BCUT2D eigenvalue weighted by atomic mass is 19.2. The second-order valence-electron chi connectivity index (χ2n) is 7.36. The van der Waals surface area contributed by atoms with Gasteiger partial charge >= 0.3 is 23.9 Å². The van der Waals surface area contributed by atoms with Crippen molar-refractivity contribution in [3.8, 4) is 22.3 Å². The van der Waals surface area contributed by atoms with Gasteiger partial charge < -0.3 is 20.4 Å². The molecule has 0 aliphatic rings. The van der Waals surface area contributed by atoms with Crippen LogP contribution in [0.25, 0.3) is 22.3 Å². The monoisotopic (exact) mass is 586 g/mol. The molecule has 8 nitrogen and oxygen atoms in total. The maximum atomic E-state index is 15.0. The van der Waals surface area contributed by atoms with Gasteiger partial charge in [0, 0.05) is 5.56 Å². The summed E-state index contributed by atoms with van der Waals surface area (Å²) in [6.07, 6.45) is 0. The van der Waals surface area contributed by atoms with Crippen LogP contribution in [0.15, 0.2) is 0 Å². The van der Waals surface area contributed by atoms with Crippen molar-refractivity contribution in [3.05, 3.63) is 80.4 Å². The van der Waals surface area contributed by atoms with Crippen LogP contribution in [0.3, 0.4) is 0 Å². The van der Waals surface area contributed by atoms with Crippen LogP contribution in [0.2, 0.25) is 0 Å². The summed E-state index contributed by atoms with van der Waals surface area (Å²) in [6, 6.07) is 0. The second kappa shape index (κ2) is 9.86. The molecule has 0 bridgehead atoms. The molecule has 3 rings (SSSR count). The van der Waals surface area contributed by atoms with Crippen molar-refractivity contribution in [1.29, 1.82) is 0 Å². The molecule has 3 aromatic rings. The molecular weight excluding hydrogens is 582 g/mol. The summed E-state index contributed by atoms with van der Waals surface area (Å²) < 4.78 is 146. The number of benzene rings is 3. The minimum absolute atomic E-state index is 2.22. The number of hydrogen-bond donors (Lipinski definition) is 4. The van der Waals surface area contributed by atoms with Crippen LogP contribution < -0.4 is 0 Å². The highest BCUT2D eigenvalue weighted by Gasteiger charge is 2.40. The lowest BCUT2D eigenvalue weighted by atomic mass is 9.89. The van der Waals surface area contributed by atoms with Crippen LogP contribution in [0.4, 0.5) is 43.9 Å². The maximum absolute atomic E-state index is 15.0. The largest absolute Gasteiger partial charge is 0.478 e. The predicted molar refractivity (Wildman–Crippen MR) is 105 cm³/mol. The SMILES string of the molecule is O=C(O)c1c(F)c(F)c(-c2c(F)c(F)c(-c3c(F)c(F)c(F)c(C(=O)O)c3C(=O)O)c(F)c2F)c(F)c1C(=O)O. The van der Waals surface area contributed by atoms with Crippen molar-refractivity contribution in [2.24, 2.45) is 0 Å². The van der Waals surface area contributed by atoms with Gasteiger partial charge in [0.05, 0.1) is 22.3 Å². The quantitative estimate of drug-likeness (QED) is 0.175. The number of carboxylic acids is 4. The first-order valence-electron chi connectivity index (χ1n) is 9.60. The number of carboxylic acid groups (broad SMARTS) is 4. The highest BCUT2D eigenvalue weighted by Crippen LogP contribution is 2.43. The Morgan fingerprint density at radius 2 is 0.525 bits per heavy atom. The Morgan fingerprint density at radius 1 is 0.300 bits per heavy atom. The Hall–Kier alpha value is -5.16. The predicted octanol–water partition coefficient (Wildman–Crippen LogP) is 5.20. The molecule has 0 saturated carbocycles. The van der Waals surface area contributed by atoms with Gasteiger partial charge in [0.25, 0.3) is 0 Å². The molecule has 0 aliphatic heterocycles.